The second kappa shape index (κ2) is 4.64. The van der Waals surface area contributed by atoms with Gasteiger partial charge in [0, 0.05) is 12.8 Å². The summed E-state index contributed by atoms with van der Waals surface area (Å²) in [4.78, 5) is 10.7. The van der Waals surface area contributed by atoms with Crippen molar-refractivity contribution in [3.63, 3.8) is 0 Å². The number of hydrogen-bond donors (Lipinski definition) is 2. The number of likely N-dealkylation sites (N-methyl/N-ethyl adjacent to an activating group) is 1. The molecule has 3 N–H and O–H groups in total. The third kappa shape index (κ3) is 3.37. The van der Waals surface area contributed by atoms with Crippen LogP contribution >= 0.6 is 11.8 Å². The third-order valence-corrected chi connectivity index (χ3v) is 1.62. The van der Waals surface area contributed by atoms with Crippen LogP contribution in [0, 0.1) is 0 Å². The minimum atomic E-state index is -0.356. The molecule has 0 aliphatic rings. The molecule has 0 aromatic heterocycles. The Morgan fingerprint density at radius 1 is 1.89 bits per heavy atom. The van der Waals surface area contributed by atoms with Crippen LogP contribution in [0.25, 0.3) is 0 Å². The predicted octanol–water partition coefficient (Wildman–Crippen LogP) is -0.577. The van der Waals surface area contributed by atoms with Crippen LogP contribution < -0.4 is 11.1 Å². The summed E-state index contributed by atoms with van der Waals surface area (Å²) in [5, 5.41) is 2.47. The Labute approximate surface area is 59.4 Å². The molecule has 0 spiro atoms. The molecule has 0 unspecified atom stereocenters. The Bertz CT molecular complexity index is 97.0. The molecule has 1 atom stereocenters. The monoisotopic (exact) mass is 148 g/mol. The molecule has 0 rings (SSSR count). The summed E-state index contributed by atoms with van der Waals surface area (Å²) in [6, 6.07) is -0.356. The first kappa shape index (κ1) is 8.78. The fourth-order valence-electron chi connectivity index (χ4n) is 0.441. The molecule has 9 heavy (non-hydrogen) atoms. The van der Waals surface area contributed by atoms with Gasteiger partial charge in [0.05, 0.1) is 6.04 Å². The predicted molar refractivity (Wildman–Crippen MR) is 40.4 cm³/mol. The molecule has 0 bridgehead atoms. The van der Waals surface area contributed by atoms with E-state index in [1.807, 2.05) is 6.26 Å². The number of carbonyl (C=O) groups is 1. The smallest absolute Gasteiger partial charge is 0.237 e. The quantitative estimate of drug-likeness (QED) is 0.563. The molecular formula is C5H12N2OS. The van der Waals surface area contributed by atoms with Gasteiger partial charge in [0.1, 0.15) is 0 Å². The Hall–Kier alpha value is -0.220. The Morgan fingerprint density at radius 3 is 2.78 bits per heavy atom. The van der Waals surface area contributed by atoms with E-state index in [0.29, 0.717) is 5.75 Å². The summed E-state index contributed by atoms with van der Waals surface area (Å²) in [6.45, 7) is 0. The van der Waals surface area contributed by atoms with E-state index in [2.05, 4.69) is 5.32 Å². The van der Waals surface area contributed by atoms with Gasteiger partial charge in [0.15, 0.2) is 0 Å². The number of nitrogens with one attached hydrogen (secondary N) is 1. The number of thioether (sulfide) groups is 1. The minimum absolute atomic E-state index is 0.0932. The molecule has 54 valence electrons. The van der Waals surface area contributed by atoms with Crippen molar-refractivity contribution >= 4 is 17.7 Å². The van der Waals surface area contributed by atoms with Crippen molar-refractivity contribution < 1.29 is 4.79 Å². The summed E-state index contributed by atoms with van der Waals surface area (Å²) in [5.74, 6) is 0.587. The van der Waals surface area contributed by atoms with Crippen LogP contribution in [0.4, 0.5) is 0 Å². The maximum atomic E-state index is 10.7. The second-order valence-corrected chi connectivity index (χ2v) is 2.59. The molecule has 1 amide bonds. The first-order chi connectivity index (χ1) is 4.22. The molecule has 0 radical (unpaired) electrons. The van der Waals surface area contributed by atoms with Gasteiger partial charge in [-0.15, -0.1) is 0 Å². The molecule has 0 aliphatic carbocycles. The van der Waals surface area contributed by atoms with E-state index >= 15 is 0 Å². The van der Waals surface area contributed by atoms with E-state index in [4.69, 9.17) is 5.73 Å². The summed E-state index contributed by atoms with van der Waals surface area (Å²) < 4.78 is 0. The van der Waals surface area contributed by atoms with Crippen LogP contribution in [0.15, 0.2) is 0 Å². The fourth-order valence-corrected chi connectivity index (χ4v) is 0.951. The number of carbonyl (C=O) groups excluding carboxylic acids is 1. The average molecular weight is 148 g/mol. The van der Waals surface area contributed by atoms with E-state index in [9.17, 15) is 4.79 Å². The van der Waals surface area contributed by atoms with Crippen LogP contribution in [-0.2, 0) is 4.79 Å². The Kier molecular flexibility index (Phi) is 4.53. The highest BCUT2D eigenvalue weighted by Crippen LogP contribution is 1.93. The maximum Gasteiger partial charge on any atom is 0.237 e. The lowest BCUT2D eigenvalue weighted by molar-refractivity contribution is -0.121. The highest BCUT2D eigenvalue weighted by Gasteiger charge is 2.08. The molecule has 0 heterocycles. The topological polar surface area (TPSA) is 55.1 Å². The fraction of sp³-hybridized carbons (Fsp3) is 0.800. The second-order valence-electron chi connectivity index (χ2n) is 1.68. The van der Waals surface area contributed by atoms with Crippen LogP contribution in [0.1, 0.15) is 0 Å². The van der Waals surface area contributed by atoms with Crippen LogP contribution in [0.5, 0.6) is 0 Å². The van der Waals surface area contributed by atoms with Gasteiger partial charge in [0.2, 0.25) is 5.91 Å². The molecular weight excluding hydrogens is 136 g/mol. The largest absolute Gasteiger partial charge is 0.358 e. The molecule has 4 heteroatoms. The van der Waals surface area contributed by atoms with E-state index in [-0.39, 0.29) is 11.9 Å². The number of hydrogen-bond acceptors (Lipinski definition) is 3. The average Bonchev–Trinajstić information content (AvgIpc) is 1.87. The first-order valence-electron chi connectivity index (χ1n) is 2.68. The number of rotatable bonds is 3. The van der Waals surface area contributed by atoms with Gasteiger partial charge in [-0.25, -0.2) is 0 Å². The lowest BCUT2D eigenvalue weighted by Crippen LogP contribution is -2.40. The van der Waals surface area contributed by atoms with Gasteiger partial charge in [-0.2, -0.15) is 11.8 Å². The summed E-state index contributed by atoms with van der Waals surface area (Å²) in [7, 11) is 1.59. The van der Waals surface area contributed by atoms with Crippen LogP contribution in [0.3, 0.4) is 0 Å². The zero-order valence-electron chi connectivity index (χ0n) is 5.68. The third-order valence-electron chi connectivity index (χ3n) is 0.929. The Morgan fingerprint density at radius 2 is 2.44 bits per heavy atom. The Balaban J connectivity index is 3.45. The summed E-state index contributed by atoms with van der Waals surface area (Å²) in [6.07, 6.45) is 1.92. The van der Waals surface area contributed by atoms with Gasteiger partial charge < -0.3 is 11.1 Å². The molecule has 0 saturated heterocycles. The van der Waals surface area contributed by atoms with Crippen LogP contribution in [-0.4, -0.2) is 31.0 Å². The standard InChI is InChI=1S/C5H12N2OS/c1-7-5(8)4(6)3-9-2/h4H,3,6H2,1-2H3,(H,7,8)/t4-/m1/s1. The van der Waals surface area contributed by atoms with Gasteiger partial charge in [-0.1, -0.05) is 0 Å². The van der Waals surface area contributed by atoms with Crippen LogP contribution in [0.2, 0.25) is 0 Å². The number of amides is 1. The van der Waals surface area contributed by atoms with Crippen molar-refractivity contribution in [1.82, 2.24) is 5.32 Å². The zero-order valence-corrected chi connectivity index (χ0v) is 6.49. The lowest BCUT2D eigenvalue weighted by atomic mass is 10.3. The molecule has 0 aromatic rings. The number of nitrogens with two attached hydrogens (primary N) is 1. The zero-order chi connectivity index (χ0) is 7.28. The molecule has 0 saturated carbocycles. The van der Waals surface area contributed by atoms with Crippen molar-refractivity contribution in [2.45, 2.75) is 6.04 Å². The highest BCUT2D eigenvalue weighted by atomic mass is 32.2. The van der Waals surface area contributed by atoms with Gasteiger partial charge in [-0.05, 0) is 6.26 Å². The van der Waals surface area contributed by atoms with E-state index < -0.39 is 0 Å². The molecule has 0 aliphatic heterocycles. The first-order valence-corrected chi connectivity index (χ1v) is 4.08. The summed E-state index contributed by atoms with van der Waals surface area (Å²) in [5.41, 5.74) is 5.41. The van der Waals surface area contributed by atoms with E-state index in [1.54, 1.807) is 18.8 Å². The highest BCUT2D eigenvalue weighted by molar-refractivity contribution is 7.98. The minimum Gasteiger partial charge on any atom is -0.358 e. The van der Waals surface area contributed by atoms with Crippen molar-refractivity contribution in [1.29, 1.82) is 0 Å². The van der Waals surface area contributed by atoms with E-state index in [0.717, 1.165) is 0 Å². The molecule has 3 nitrogen and oxygen atoms in total. The van der Waals surface area contributed by atoms with Gasteiger partial charge >= 0.3 is 0 Å². The SMILES string of the molecule is CNC(=O)[C@H](N)CSC. The van der Waals surface area contributed by atoms with Gasteiger partial charge in [-0.3, -0.25) is 4.79 Å². The molecule has 0 aromatic carbocycles. The van der Waals surface area contributed by atoms with Gasteiger partial charge in [0.25, 0.3) is 0 Å². The molecule has 0 fully saturated rings. The van der Waals surface area contributed by atoms with Crippen molar-refractivity contribution in [2.24, 2.45) is 5.73 Å². The lowest BCUT2D eigenvalue weighted by Gasteiger charge is -2.06. The van der Waals surface area contributed by atoms with Crippen molar-refractivity contribution in [3.05, 3.63) is 0 Å². The van der Waals surface area contributed by atoms with Crippen molar-refractivity contribution in [3.8, 4) is 0 Å². The summed E-state index contributed by atoms with van der Waals surface area (Å²) >= 11 is 1.57. The van der Waals surface area contributed by atoms with E-state index in [1.165, 1.54) is 0 Å². The van der Waals surface area contributed by atoms with Crippen molar-refractivity contribution in [2.75, 3.05) is 19.1 Å². The maximum absolute atomic E-state index is 10.7. The normalized spacial score (nSPS) is 12.8.